The Morgan fingerprint density at radius 3 is 2.84 bits per heavy atom. The van der Waals surface area contributed by atoms with E-state index < -0.39 is 0 Å². The van der Waals surface area contributed by atoms with E-state index >= 15 is 0 Å². The van der Waals surface area contributed by atoms with Crippen molar-refractivity contribution in [2.24, 2.45) is 5.92 Å². The molecule has 0 saturated carbocycles. The largest absolute Gasteiger partial charge is 0.490 e. The molecule has 1 aliphatic heterocycles. The van der Waals surface area contributed by atoms with E-state index in [1.54, 1.807) is 0 Å². The average Bonchev–Trinajstić information content (AvgIpc) is 2.75. The van der Waals surface area contributed by atoms with Gasteiger partial charge in [0.25, 0.3) is 0 Å². The first-order valence-corrected chi connectivity index (χ1v) is 7.59. The lowest BCUT2D eigenvalue weighted by Crippen LogP contribution is -2.34. The van der Waals surface area contributed by atoms with Gasteiger partial charge in [-0.15, -0.1) is 0 Å². The van der Waals surface area contributed by atoms with Crippen LogP contribution in [0.4, 0.5) is 0 Å². The van der Waals surface area contributed by atoms with E-state index in [9.17, 15) is 0 Å². The van der Waals surface area contributed by atoms with Crippen LogP contribution in [0.25, 0.3) is 0 Å². The van der Waals surface area contributed by atoms with Crippen LogP contribution >= 0.6 is 0 Å². The molecule has 0 aromatic heterocycles. The third kappa shape index (κ3) is 3.73. The number of fused-ring (bicyclic) bond motifs is 1. The summed E-state index contributed by atoms with van der Waals surface area (Å²) in [6, 6.07) is 7.13. The number of ether oxygens (including phenoxy) is 1. The van der Waals surface area contributed by atoms with Crippen molar-refractivity contribution in [3.8, 4) is 5.75 Å². The summed E-state index contributed by atoms with van der Waals surface area (Å²) in [5.41, 5.74) is 2.71. The van der Waals surface area contributed by atoms with E-state index in [0.29, 0.717) is 18.1 Å². The highest BCUT2D eigenvalue weighted by Gasteiger charge is 2.24. The third-order valence-corrected chi connectivity index (χ3v) is 4.03. The Kier molecular flexibility index (Phi) is 4.87. The number of rotatable bonds is 6. The summed E-state index contributed by atoms with van der Waals surface area (Å²) >= 11 is 0. The van der Waals surface area contributed by atoms with Gasteiger partial charge in [0.2, 0.25) is 0 Å². The SMILES string of the molecule is CCNC(CCC1Cc2cc(C)ccc2O1)C(C)C. The van der Waals surface area contributed by atoms with Crippen LogP contribution in [0.1, 0.15) is 44.7 Å². The minimum atomic E-state index is 0.372. The lowest BCUT2D eigenvalue weighted by molar-refractivity contribution is 0.205. The average molecular weight is 261 g/mol. The van der Waals surface area contributed by atoms with Crippen LogP contribution in [-0.4, -0.2) is 18.7 Å². The molecule has 2 nitrogen and oxygen atoms in total. The molecular formula is C17H27NO. The van der Waals surface area contributed by atoms with E-state index in [4.69, 9.17) is 4.74 Å². The smallest absolute Gasteiger partial charge is 0.123 e. The van der Waals surface area contributed by atoms with Crippen LogP contribution in [0.2, 0.25) is 0 Å². The normalized spacial score (nSPS) is 19.3. The monoisotopic (exact) mass is 261 g/mol. The fourth-order valence-electron chi connectivity index (χ4n) is 2.91. The van der Waals surface area contributed by atoms with Crippen LogP contribution in [0.5, 0.6) is 5.75 Å². The van der Waals surface area contributed by atoms with Gasteiger partial charge in [-0.3, -0.25) is 0 Å². The van der Waals surface area contributed by atoms with Crippen molar-refractivity contribution in [3.63, 3.8) is 0 Å². The van der Waals surface area contributed by atoms with Crippen LogP contribution in [-0.2, 0) is 6.42 Å². The molecule has 0 aliphatic carbocycles. The first-order valence-electron chi connectivity index (χ1n) is 7.59. The van der Waals surface area contributed by atoms with Gasteiger partial charge in [-0.05, 0) is 43.9 Å². The van der Waals surface area contributed by atoms with Crippen molar-refractivity contribution in [1.29, 1.82) is 0 Å². The maximum atomic E-state index is 6.04. The fraction of sp³-hybridized carbons (Fsp3) is 0.647. The summed E-state index contributed by atoms with van der Waals surface area (Å²) in [7, 11) is 0. The standard InChI is InChI=1S/C17H27NO/c1-5-18-16(12(2)3)8-7-15-11-14-10-13(4)6-9-17(14)19-15/h6,9-10,12,15-16,18H,5,7-8,11H2,1-4H3. The molecule has 2 rings (SSSR count). The highest BCUT2D eigenvalue weighted by Crippen LogP contribution is 2.31. The van der Waals surface area contributed by atoms with Crippen LogP contribution < -0.4 is 10.1 Å². The second-order valence-electron chi connectivity index (χ2n) is 6.04. The molecule has 1 N–H and O–H groups in total. The molecule has 19 heavy (non-hydrogen) atoms. The number of benzene rings is 1. The summed E-state index contributed by atoms with van der Waals surface area (Å²) in [5.74, 6) is 1.78. The number of hydrogen-bond acceptors (Lipinski definition) is 2. The van der Waals surface area contributed by atoms with Crippen LogP contribution in [0, 0.1) is 12.8 Å². The van der Waals surface area contributed by atoms with E-state index in [-0.39, 0.29) is 0 Å². The summed E-state index contributed by atoms with van der Waals surface area (Å²) in [6.07, 6.45) is 3.79. The van der Waals surface area contributed by atoms with Gasteiger partial charge >= 0.3 is 0 Å². The first kappa shape index (κ1) is 14.4. The van der Waals surface area contributed by atoms with Gasteiger partial charge < -0.3 is 10.1 Å². The van der Waals surface area contributed by atoms with Crippen molar-refractivity contribution in [2.75, 3.05) is 6.54 Å². The van der Waals surface area contributed by atoms with E-state index in [1.807, 2.05) is 0 Å². The lowest BCUT2D eigenvalue weighted by Gasteiger charge is -2.23. The molecule has 0 amide bonds. The Hall–Kier alpha value is -1.02. The molecule has 2 heteroatoms. The molecule has 106 valence electrons. The van der Waals surface area contributed by atoms with E-state index in [2.05, 4.69) is 51.2 Å². The topological polar surface area (TPSA) is 21.3 Å². The Morgan fingerprint density at radius 1 is 1.37 bits per heavy atom. The Bertz CT molecular complexity index is 414. The molecular weight excluding hydrogens is 234 g/mol. The Labute approximate surface area is 117 Å². The molecule has 0 saturated heterocycles. The second kappa shape index (κ2) is 6.42. The summed E-state index contributed by atoms with van der Waals surface area (Å²) in [5, 5.41) is 3.58. The molecule has 2 unspecified atom stereocenters. The molecule has 0 spiro atoms. The van der Waals surface area contributed by atoms with Crippen molar-refractivity contribution in [3.05, 3.63) is 29.3 Å². The molecule has 0 bridgehead atoms. The third-order valence-electron chi connectivity index (χ3n) is 4.03. The van der Waals surface area contributed by atoms with Gasteiger partial charge in [0.05, 0.1) is 0 Å². The zero-order valence-electron chi connectivity index (χ0n) is 12.7. The van der Waals surface area contributed by atoms with Gasteiger partial charge in [0, 0.05) is 12.5 Å². The van der Waals surface area contributed by atoms with Crippen molar-refractivity contribution in [1.82, 2.24) is 5.32 Å². The Morgan fingerprint density at radius 2 is 2.16 bits per heavy atom. The molecule has 0 fully saturated rings. The number of nitrogens with one attached hydrogen (secondary N) is 1. The molecule has 0 radical (unpaired) electrons. The van der Waals surface area contributed by atoms with Gasteiger partial charge in [0.1, 0.15) is 11.9 Å². The van der Waals surface area contributed by atoms with E-state index in [0.717, 1.165) is 25.1 Å². The summed E-state index contributed by atoms with van der Waals surface area (Å²) in [6.45, 7) is 9.96. The van der Waals surface area contributed by atoms with Crippen LogP contribution in [0.3, 0.4) is 0 Å². The maximum absolute atomic E-state index is 6.04. The zero-order chi connectivity index (χ0) is 13.8. The van der Waals surface area contributed by atoms with Gasteiger partial charge in [0.15, 0.2) is 0 Å². The van der Waals surface area contributed by atoms with Gasteiger partial charge in [-0.2, -0.15) is 0 Å². The highest BCUT2D eigenvalue weighted by atomic mass is 16.5. The van der Waals surface area contributed by atoms with Gasteiger partial charge in [-0.1, -0.05) is 38.5 Å². The molecule has 1 aliphatic rings. The Balaban J connectivity index is 1.86. The molecule has 1 aromatic rings. The van der Waals surface area contributed by atoms with Crippen LogP contribution in [0.15, 0.2) is 18.2 Å². The van der Waals surface area contributed by atoms with E-state index in [1.165, 1.54) is 17.5 Å². The van der Waals surface area contributed by atoms with Gasteiger partial charge in [-0.25, -0.2) is 0 Å². The predicted molar refractivity (Wildman–Crippen MR) is 80.8 cm³/mol. The minimum Gasteiger partial charge on any atom is -0.490 e. The lowest BCUT2D eigenvalue weighted by atomic mass is 9.96. The first-order chi connectivity index (χ1) is 9.10. The summed E-state index contributed by atoms with van der Waals surface area (Å²) < 4.78 is 6.04. The minimum absolute atomic E-state index is 0.372. The predicted octanol–water partition coefficient (Wildman–Crippen LogP) is 3.71. The highest BCUT2D eigenvalue weighted by molar-refractivity contribution is 5.40. The zero-order valence-corrected chi connectivity index (χ0v) is 12.7. The van der Waals surface area contributed by atoms with Crippen molar-refractivity contribution >= 4 is 0 Å². The molecule has 2 atom stereocenters. The second-order valence-corrected chi connectivity index (χ2v) is 6.04. The quantitative estimate of drug-likeness (QED) is 0.843. The maximum Gasteiger partial charge on any atom is 0.123 e. The fourth-order valence-corrected chi connectivity index (χ4v) is 2.91. The van der Waals surface area contributed by atoms with Crippen molar-refractivity contribution in [2.45, 2.75) is 59.1 Å². The number of hydrogen-bond donors (Lipinski definition) is 1. The van der Waals surface area contributed by atoms with Crippen molar-refractivity contribution < 1.29 is 4.74 Å². The molecule has 1 aromatic carbocycles. The summed E-state index contributed by atoms with van der Waals surface area (Å²) in [4.78, 5) is 0. The molecule has 1 heterocycles. The number of aryl methyl sites for hydroxylation is 1.